The molecule has 3 rings (SSSR count). The molecule has 0 fully saturated rings. The lowest BCUT2D eigenvalue weighted by Gasteiger charge is -2.15. The van der Waals surface area contributed by atoms with Crippen LogP contribution in [0.25, 0.3) is 11.0 Å². The van der Waals surface area contributed by atoms with Gasteiger partial charge in [0.05, 0.1) is 17.1 Å². The van der Waals surface area contributed by atoms with E-state index in [0.717, 1.165) is 23.4 Å². The molecule has 0 saturated carbocycles. The minimum Gasteiger partial charge on any atom is -0.347 e. The number of fused-ring (bicyclic) bond motifs is 1. The average Bonchev–Trinajstić information content (AvgIpc) is 2.87. The van der Waals surface area contributed by atoms with Gasteiger partial charge in [-0.15, -0.1) is 0 Å². The van der Waals surface area contributed by atoms with E-state index < -0.39 is 0 Å². The highest BCUT2D eigenvalue weighted by atomic mass is 16.1. The minimum absolute atomic E-state index is 0.0502. The topological polar surface area (TPSA) is 46.9 Å². The van der Waals surface area contributed by atoms with E-state index >= 15 is 0 Å². The maximum Gasteiger partial charge on any atom is 0.217 e. The van der Waals surface area contributed by atoms with Crippen molar-refractivity contribution in [2.45, 2.75) is 26.4 Å². The van der Waals surface area contributed by atoms with Gasteiger partial charge in [0.25, 0.3) is 0 Å². The Labute approximate surface area is 129 Å². The number of imidazole rings is 1. The lowest BCUT2D eigenvalue weighted by Crippen LogP contribution is -2.26. The fourth-order valence-electron chi connectivity index (χ4n) is 2.73. The number of rotatable bonds is 4. The van der Waals surface area contributed by atoms with Crippen molar-refractivity contribution in [3.8, 4) is 0 Å². The van der Waals surface area contributed by atoms with Crippen molar-refractivity contribution in [1.82, 2.24) is 14.9 Å². The van der Waals surface area contributed by atoms with Crippen molar-refractivity contribution < 1.29 is 4.79 Å². The van der Waals surface area contributed by atoms with E-state index in [-0.39, 0.29) is 11.9 Å². The van der Waals surface area contributed by atoms with Crippen LogP contribution in [0.5, 0.6) is 0 Å². The third kappa shape index (κ3) is 2.86. The molecule has 4 heteroatoms. The molecule has 0 spiro atoms. The first-order valence-corrected chi connectivity index (χ1v) is 7.41. The first-order valence-electron chi connectivity index (χ1n) is 7.41. The molecule has 0 radical (unpaired) electrons. The van der Waals surface area contributed by atoms with Crippen LogP contribution in [0.1, 0.15) is 31.3 Å². The first-order chi connectivity index (χ1) is 10.6. The van der Waals surface area contributed by atoms with Gasteiger partial charge in [0.1, 0.15) is 5.82 Å². The van der Waals surface area contributed by atoms with Gasteiger partial charge in [-0.1, -0.05) is 42.5 Å². The van der Waals surface area contributed by atoms with Crippen LogP contribution in [0.15, 0.2) is 54.6 Å². The molecular formula is C18H19N3O. The van der Waals surface area contributed by atoms with Crippen LogP contribution in [-0.4, -0.2) is 15.5 Å². The highest BCUT2D eigenvalue weighted by Crippen LogP contribution is 2.22. The number of nitrogens with one attached hydrogen (secondary N) is 1. The van der Waals surface area contributed by atoms with Crippen molar-refractivity contribution >= 4 is 16.9 Å². The van der Waals surface area contributed by atoms with Gasteiger partial charge in [-0.2, -0.15) is 0 Å². The molecule has 0 aliphatic rings. The molecular weight excluding hydrogens is 274 g/mol. The quantitative estimate of drug-likeness (QED) is 0.802. The van der Waals surface area contributed by atoms with Gasteiger partial charge in [0.15, 0.2) is 0 Å². The summed E-state index contributed by atoms with van der Waals surface area (Å²) in [4.78, 5) is 16.1. The Kier molecular flexibility index (Phi) is 3.92. The van der Waals surface area contributed by atoms with Gasteiger partial charge in [0, 0.05) is 13.5 Å². The summed E-state index contributed by atoms with van der Waals surface area (Å²) < 4.78 is 2.17. The summed E-state index contributed by atoms with van der Waals surface area (Å²) in [5, 5.41) is 2.92. The number of carbonyl (C=O) groups excluding carboxylic acids is 1. The Balaban J connectivity index is 2.06. The van der Waals surface area contributed by atoms with E-state index in [2.05, 4.69) is 28.1 Å². The van der Waals surface area contributed by atoms with Gasteiger partial charge in [-0.05, 0) is 24.6 Å². The van der Waals surface area contributed by atoms with Crippen LogP contribution in [0, 0.1) is 0 Å². The standard InChI is InChI=1S/C18H19N3O/c1-13(19-14(2)22)18-20-16-10-6-7-11-17(16)21(18)12-15-8-4-3-5-9-15/h3-11,13H,12H2,1-2H3,(H,19,22). The Morgan fingerprint density at radius 2 is 1.82 bits per heavy atom. The van der Waals surface area contributed by atoms with Crippen molar-refractivity contribution in [3.63, 3.8) is 0 Å². The maximum absolute atomic E-state index is 11.4. The summed E-state index contributed by atoms with van der Waals surface area (Å²) in [6.07, 6.45) is 0. The second-order valence-electron chi connectivity index (χ2n) is 5.45. The van der Waals surface area contributed by atoms with Gasteiger partial charge in [-0.25, -0.2) is 4.98 Å². The highest BCUT2D eigenvalue weighted by molar-refractivity contribution is 5.77. The summed E-state index contributed by atoms with van der Waals surface area (Å²) in [5.74, 6) is 0.825. The fourth-order valence-corrected chi connectivity index (χ4v) is 2.73. The number of hydrogen-bond acceptors (Lipinski definition) is 2. The molecule has 0 aliphatic heterocycles. The van der Waals surface area contributed by atoms with Crippen molar-refractivity contribution in [2.75, 3.05) is 0 Å². The number of benzene rings is 2. The number of para-hydroxylation sites is 2. The summed E-state index contributed by atoms with van der Waals surface area (Å²) in [6.45, 7) is 4.23. The molecule has 2 aromatic carbocycles. The third-order valence-corrected chi connectivity index (χ3v) is 3.67. The molecule has 3 aromatic rings. The van der Waals surface area contributed by atoms with E-state index in [4.69, 9.17) is 4.98 Å². The Morgan fingerprint density at radius 1 is 1.14 bits per heavy atom. The summed E-state index contributed by atoms with van der Waals surface area (Å²) in [5.41, 5.74) is 3.24. The Hall–Kier alpha value is -2.62. The smallest absolute Gasteiger partial charge is 0.217 e. The molecule has 1 amide bonds. The molecule has 1 aromatic heterocycles. The first kappa shape index (κ1) is 14.3. The molecule has 1 atom stereocenters. The van der Waals surface area contributed by atoms with E-state index in [1.165, 1.54) is 12.5 Å². The van der Waals surface area contributed by atoms with Gasteiger partial charge < -0.3 is 9.88 Å². The zero-order valence-electron chi connectivity index (χ0n) is 12.8. The van der Waals surface area contributed by atoms with E-state index in [9.17, 15) is 4.79 Å². The molecule has 1 heterocycles. The average molecular weight is 293 g/mol. The van der Waals surface area contributed by atoms with Crippen LogP contribution in [-0.2, 0) is 11.3 Å². The highest BCUT2D eigenvalue weighted by Gasteiger charge is 2.17. The van der Waals surface area contributed by atoms with E-state index in [1.54, 1.807) is 0 Å². The number of aromatic nitrogens is 2. The second-order valence-corrected chi connectivity index (χ2v) is 5.45. The predicted octanol–water partition coefficient (Wildman–Crippen LogP) is 3.28. The van der Waals surface area contributed by atoms with Crippen LogP contribution in [0.3, 0.4) is 0 Å². The molecule has 0 aliphatic carbocycles. The molecule has 0 saturated heterocycles. The van der Waals surface area contributed by atoms with Crippen molar-refractivity contribution in [1.29, 1.82) is 0 Å². The lowest BCUT2D eigenvalue weighted by molar-refractivity contribution is -0.119. The molecule has 112 valence electrons. The van der Waals surface area contributed by atoms with Crippen LogP contribution >= 0.6 is 0 Å². The summed E-state index contributed by atoms with van der Waals surface area (Å²) in [7, 11) is 0. The number of amides is 1. The van der Waals surface area contributed by atoms with Crippen LogP contribution in [0.2, 0.25) is 0 Å². The number of hydrogen-bond donors (Lipinski definition) is 1. The van der Waals surface area contributed by atoms with Gasteiger partial charge in [0.2, 0.25) is 5.91 Å². The zero-order valence-corrected chi connectivity index (χ0v) is 12.8. The molecule has 1 unspecified atom stereocenters. The number of nitrogens with zero attached hydrogens (tertiary/aromatic N) is 2. The normalized spacial score (nSPS) is 12.3. The maximum atomic E-state index is 11.4. The van der Waals surface area contributed by atoms with Crippen LogP contribution < -0.4 is 5.32 Å². The van der Waals surface area contributed by atoms with Gasteiger partial charge >= 0.3 is 0 Å². The van der Waals surface area contributed by atoms with Crippen molar-refractivity contribution in [3.05, 3.63) is 66.0 Å². The fraction of sp³-hybridized carbons (Fsp3) is 0.222. The monoisotopic (exact) mass is 293 g/mol. The van der Waals surface area contributed by atoms with Gasteiger partial charge in [-0.3, -0.25) is 4.79 Å². The van der Waals surface area contributed by atoms with E-state index in [1.807, 2.05) is 43.3 Å². The largest absolute Gasteiger partial charge is 0.347 e. The Bertz CT molecular complexity index is 792. The Morgan fingerprint density at radius 3 is 2.55 bits per heavy atom. The minimum atomic E-state index is -0.131. The molecule has 4 nitrogen and oxygen atoms in total. The number of carbonyl (C=O) groups is 1. The third-order valence-electron chi connectivity index (χ3n) is 3.67. The molecule has 1 N–H and O–H groups in total. The predicted molar refractivity (Wildman–Crippen MR) is 87.5 cm³/mol. The van der Waals surface area contributed by atoms with Crippen molar-refractivity contribution in [2.24, 2.45) is 0 Å². The lowest BCUT2D eigenvalue weighted by atomic mass is 10.2. The SMILES string of the molecule is CC(=O)NC(C)c1nc2ccccc2n1Cc1ccccc1. The molecule has 0 bridgehead atoms. The summed E-state index contributed by atoms with van der Waals surface area (Å²) >= 11 is 0. The summed E-state index contributed by atoms with van der Waals surface area (Å²) in [6, 6.07) is 18.2. The molecule has 22 heavy (non-hydrogen) atoms. The van der Waals surface area contributed by atoms with E-state index in [0.29, 0.717) is 0 Å². The second kappa shape index (κ2) is 6.02. The zero-order chi connectivity index (χ0) is 15.5. The van der Waals surface area contributed by atoms with Crippen LogP contribution in [0.4, 0.5) is 0 Å².